The maximum absolute atomic E-state index is 13.1. The Morgan fingerprint density at radius 1 is 1.03 bits per heavy atom. The first-order valence-corrected chi connectivity index (χ1v) is 9.95. The fraction of sp³-hybridized carbons (Fsp3) is 0.304. The molecule has 29 heavy (non-hydrogen) atoms. The van der Waals surface area contributed by atoms with Crippen molar-refractivity contribution in [3.63, 3.8) is 0 Å². The van der Waals surface area contributed by atoms with Crippen LogP contribution in [0, 0.1) is 5.92 Å². The predicted octanol–water partition coefficient (Wildman–Crippen LogP) is 3.35. The van der Waals surface area contributed by atoms with Gasteiger partial charge in [0.15, 0.2) is 17.3 Å². The van der Waals surface area contributed by atoms with Crippen LogP contribution in [0.25, 0.3) is 10.9 Å². The number of fused-ring (bicyclic) bond motifs is 5. The molecule has 2 aromatic carbocycles. The third kappa shape index (κ3) is 2.29. The fourth-order valence-corrected chi connectivity index (χ4v) is 5.05. The number of aromatic nitrogens is 1. The maximum atomic E-state index is 13.1. The largest absolute Gasteiger partial charge is 0.454 e. The number of amides is 1. The topological polar surface area (TPSA) is 71.6 Å². The number of nitrogens with zero attached hydrogens (tertiary/aromatic N) is 1. The minimum absolute atomic E-state index is 0.0223. The van der Waals surface area contributed by atoms with E-state index < -0.39 is 6.04 Å². The third-order valence-corrected chi connectivity index (χ3v) is 6.43. The number of aromatic amines is 1. The average Bonchev–Trinajstić information content (AvgIpc) is 3.34. The first-order valence-electron chi connectivity index (χ1n) is 9.95. The molecule has 3 aromatic rings. The maximum Gasteiger partial charge on any atom is 0.231 e. The summed E-state index contributed by atoms with van der Waals surface area (Å²) in [5, 5.41) is 1.12. The van der Waals surface area contributed by atoms with Crippen LogP contribution in [0.3, 0.4) is 0 Å². The number of carbonyl (C=O) groups is 2. The van der Waals surface area contributed by atoms with Gasteiger partial charge in [0.1, 0.15) is 0 Å². The van der Waals surface area contributed by atoms with Crippen LogP contribution in [0.15, 0.2) is 42.5 Å². The molecule has 0 aliphatic carbocycles. The van der Waals surface area contributed by atoms with Gasteiger partial charge in [-0.15, -0.1) is 0 Å². The Bertz CT molecular complexity index is 1180. The number of hydrogen-bond acceptors (Lipinski definition) is 4. The van der Waals surface area contributed by atoms with Crippen molar-refractivity contribution < 1.29 is 19.1 Å². The lowest BCUT2D eigenvalue weighted by molar-refractivity contribution is -0.151. The van der Waals surface area contributed by atoms with Gasteiger partial charge >= 0.3 is 0 Å². The van der Waals surface area contributed by atoms with E-state index in [0.717, 1.165) is 27.7 Å². The van der Waals surface area contributed by atoms with Crippen LogP contribution in [0.1, 0.15) is 36.2 Å². The van der Waals surface area contributed by atoms with Gasteiger partial charge in [-0.2, -0.15) is 0 Å². The van der Waals surface area contributed by atoms with Gasteiger partial charge in [-0.05, 0) is 29.3 Å². The van der Waals surface area contributed by atoms with E-state index in [2.05, 4.69) is 11.1 Å². The molecule has 3 aliphatic heterocycles. The Morgan fingerprint density at radius 3 is 2.76 bits per heavy atom. The predicted molar refractivity (Wildman–Crippen MR) is 106 cm³/mol. The minimum atomic E-state index is -0.437. The zero-order valence-corrected chi connectivity index (χ0v) is 16.0. The average molecular weight is 388 g/mol. The van der Waals surface area contributed by atoms with Crippen LogP contribution in [-0.4, -0.2) is 34.4 Å². The monoisotopic (exact) mass is 388 g/mol. The van der Waals surface area contributed by atoms with E-state index in [-0.39, 0.29) is 36.9 Å². The van der Waals surface area contributed by atoms with Crippen molar-refractivity contribution in [1.82, 2.24) is 9.88 Å². The van der Waals surface area contributed by atoms with Crippen LogP contribution in [0.2, 0.25) is 0 Å². The van der Waals surface area contributed by atoms with Crippen LogP contribution in [-0.2, 0) is 16.0 Å². The van der Waals surface area contributed by atoms with Gasteiger partial charge in [-0.3, -0.25) is 9.59 Å². The van der Waals surface area contributed by atoms with Gasteiger partial charge < -0.3 is 19.4 Å². The number of carbonyl (C=O) groups excluding carboxylic acids is 2. The number of nitrogens with one attached hydrogen (secondary N) is 1. The van der Waals surface area contributed by atoms with Crippen molar-refractivity contribution in [2.24, 2.45) is 5.92 Å². The van der Waals surface area contributed by atoms with Crippen molar-refractivity contribution in [2.75, 3.05) is 6.79 Å². The van der Waals surface area contributed by atoms with Gasteiger partial charge in [0.05, 0.1) is 12.1 Å². The van der Waals surface area contributed by atoms with E-state index >= 15 is 0 Å². The highest BCUT2D eigenvalue weighted by atomic mass is 16.7. The van der Waals surface area contributed by atoms with Crippen LogP contribution < -0.4 is 9.47 Å². The second-order valence-electron chi connectivity index (χ2n) is 8.11. The third-order valence-electron chi connectivity index (χ3n) is 6.43. The number of ketones is 1. The van der Waals surface area contributed by atoms with Gasteiger partial charge in [0.25, 0.3) is 0 Å². The highest BCUT2D eigenvalue weighted by molar-refractivity contribution is 5.99. The highest BCUT2D eigenvalue weighted by Crippen LogP contribution is 2.45. The molecule has 0 bridgehead atoms. The molecular formula is C23H20N2O4. The molecule has 3 aliphatic rings. The van der Waals surface area contributed by atoms with E-state index in [1.165, 1.54) is 0 Å². The quantitative estimate of drug-likeness (QED) is 0.694. The SMILES string of the molecule is CC1CC(=O)N2[C@H](c3ccc4c(c3)OCO4)c3[nH]c4ccccc4c3C[C@@H]2C1=O. The minimum Gasteiger partial charge on any atom is -0.454 e. The molecule has 0 radical (unpaired) electrons. The zero-order valence-electron chi connectivity index (χ0n) is 16.0. The van der Waals surface area contributed by atoms with Crippen molar-refractivity contribution >= 4 is 22.6 Å². The first kappa shape index (κ1) is 16.7. The number of piperidine rings is 1. The lowest BCUT2D eigenvalue weighted by Gasteiger charge is -2.45. The summed E-state index contributed by atoms with van der Waals surface area (Å²) < 4.78 is 11.0. The zero-order chi connectivity index (χ0) is 19.7. The lowest BCUT2D eigenvalue weighted by Crippen LogP contribution is -2.56. The van der Waals surface area contributed by atoms with Gasteiger partial charge in [0.2, 0.25) is 12.7 Å². The van der Waals surface area contributed by atoms with E-state index in [1.54, 1.807) is 4.90 Å². The Kier molecular flexibility index (Phi) is 3.37. The summed E-state index contributed by atoms with van der Waals surface area (Å²) in [5.41, 5.74) is 4.05. The molecule has 1 amide bonds. The van der Waals surface area contributed by atoms with Crippen molar-refractivity contribution in [2.45, 2.75) is 31.8 Å². The fourth-order valence-electron chi connectivity index (χ4n) is 5.05. The summed E-state index contributed by atoms with van der Waals surface area (Å²) >= 11 is 0. The Morgan fingerprint density at radius 2 is 1.86 bits per heavy atom. The number of H-pyrrole nitrogens is 1. The second-order valence-corrected chi connectivity index (χ2v) is 8.11. The van der Waals surface area contributed by atoms with Gasteiger partial charge in [-0.1, -0.05) is 31.2 Å². The number of hydrogen-bond donors (Lipinski definition) is 1. The number of ether oxygens (including phenoxy) is 2. The van der Waals surface area contributed by atoms with E-state index in [9.17, 15) is 9.59 Å². The van der Waals surface area contributed by atoms with Crippen LogP contribution in [0.4, 0.5) is 0 Å². The molecule has 0 spiro atoms. The van der Waals surface area contributed by atoms with Crippen molar-refractivity contribution in [3.8, 4) is 11.5 Å². The number of rotatable bonds is 1. The molecule has 6 heteroatoms. The summed E-state index contributed by atoms with van der Waals surface area (Å²) in [4.78, 5) is 31.5. The van der Waals surface area contributed by atoms with E-state index in [4.69, 9.17) is 9.47 Å². The summed E-state index contributed by atoms with van der Waals surface area (Å²) in [6, 6.07) is 13.1. The van der Waals surface area contributed by atoms with Crippen molar-refractivity contribution in [1.29, 1.82) is 0 Å². The van der Waals surface area contributed by atoms with Crippen LogP contribution in [0.5, 0.6) is 11.5 Å². The molecule has 1 fully saturated rings. The molecule has 3 atom stereocenters. The smallest absolute Gasteiger partial charge is 0.231 e. The highest BCUT2D eigenvalue weighted by Gasteiger charge is 2.47. The van der Waals surface area contributed by atoms with Crippen molar-refractivity contribution in [3.05, 3.63) is 59.3 Å². The molecule has 4 heterocycles. The number of Topliss-reactive ketones (excluding diaryl/α,β-unsaturated/α-hetero) is 1. The molecule has 1 aromatic heterocycles. The Hall–Kier alpha value is -3.28. The molecule has 0 saturated carbocycles. The number of benzene rings is 2. The summed E-state index contributed by atoms with van der Waals surface area (Å²) in [5.74, 6) is 1.30. The molecule has 1 unspecified atom stereocenters. The molecule has 6 nitrogen and oxygen atoms in total. The normalized spacial score (nSPS) is 25.3. The van der Waals surface area contributed by atoms with E-state index in [1.807, 2.05) is 43.3 Å². The first-order chi connectivity index (χ1) is 14.1. The van der Waals surface area contributed by atoms with Gasteiger partial charge in [-0.25, -0.2) is 0 Å². The molecular weight excluding hydrogens is 368 g/mol. The summed E-state index contributed by atoms with van der Waals surface area (Å²) in [6.07, 6.45) is 0.807. The standard InChI is InChI=1S/C23H20N2O4/c1-12-8-20(26)25-17(23(12)27)10-15-14-4-2-3-5-16(14)24-21(15)22(25)13-6-7-18-19(9-13)29-11-28-18/h2-7,9,12,17,22,24H,8,10-11H2,1H3/t12?,17-,22-/m1/s1. The Labute approximate surface area is 167 Å². The Balaban J connectivity index is 1.59. The number of para-hydroxylation sites is 1. The van der Waals surface area contributed by atoms with E-state index in [0.29, 0.717) is 17.9 Å². The molecule has 146 valence electrons. The van der Waals surface area contributed by atoms with Gasteiger partial charge in [0, 0.05) is 35.4 Å². The summed E-state index contributed by atoms with van der Waals surface area (Å²) in [6.45, 7) is 2.06. The molecule has 1 N–H and O–H groups in total. The lowest BCUT2D eigenvalue weighted by atomic mass is 9.79. The summed E-state index contributed by atoms with van der Waals surface area (Å²) in [7, 11) is 0. The molecule has 6 rings (SSSR count). The molecule has 1 saturated heterocycles. The second kappa shape index (κ2) is 5.86. The van der Waals surface area contributed by atoms with Crippen LogP contribution >= 0.6 is 0 Å².